The first-order chi connectivity index (χ1) is 14.0. The molecule has 5 rings (SSSR count). The molecular formula is C21H25N5O3. The number of hydrogen-bond donors (Lipinski definition) is 1. The molecule has 2 amide bonds. The third kappa shape index (κ3) is 2.73. The van der Waals surface area contributed by atoms with E-state index in [4.69, 9.17) is 0 Å². The minimum Gasteiger partial charge on any atom is -0.347 e. The van der Waals surface area contributed by atoms with Crippen LogP contribution in [0.15, 0.2) is 23.0 Å². The molecule has 8 heteroatoms. The molecule has 1 aliphatic carbocycles. The van der Waals surface area contributed by atoms with E-state index < -0.39 is 6.04 Å². The summed E-state index contributed by atoms with van der Waals surface area (Å²) in [6, 6.07) is 4.59. The van der Waals surface area contributed by atoms with Gasteiger partial charge < -0.3 is 9.80 Å². The van der Waals surface area contributed by atoms with Crippen molar-refractivity contribution in [3.05, 3.63) is 51.2 Å². The topological polar surface area (TPSA) is 91.3 Å². The zero-order valence-corrected chi connectivity index (χ0v) is 16.7. The fraction of sp³-hybridized carbons (Fsp3) is 0.524. The average molecular weight is 395 g/mol. The zero-order valence-electron chi connectivity index (χ0n) is 16.7. The van der Waals surface area contributed by atoms with Crippen LogP contribution in [0.25, 0.3) is 0 Å². The maximum absolute atomic E-state index is 13.3. The predicted octanol–water partition coefficient (Wildman–Crippen LogP) is 0.949. The van der Waals surface area contributed by atoms with Crippen LogP contribution in [0.4, 0.5) is 0 Å². The van der Waals surface area contributed by atoms with E-state index >= 15 is 0 Å². The summed E-state index contributed by atoms with van der Waals surface area (Å²) in [5, 5.41) is 7.32. The van der Waals surface area contributed by atoms with Gasteiger partial charge in [-0.2, -0.15) is 5.10 Å². The third-order valence-corrected chi connectivity index (χ3v) is 6.64. The van der Waals surface area contributed by atoms with Crippen LogP contribution in [0.3, 0.4) is 0 Å². The molecule has 0 aromatic carbocycles. The molecule has 0 saturated carbocycles. The lowest BCUT2D eigenvalue weighted by Crippen LogP contribution is -2.54. The van der Waals surface area contributed by atoms with E-state index in [2.05, 4.69) is 10.2 Å². The number of nitrogens with zero attached hydrogens (tertiary/aromatic N) is 4. The van der Waals surface area contributed by atoms with Crippen molar-refractivity contribution in [1.82, 2.24) is 24.6 Å². The lowest BCUT2D eigenvalue weighted by Gasteiger charge is -2.46. The highest BCUT2D eigenvalue weighted by Gasteiger charge is 2.45. The van der Waals surface area contributed by atoms with Crippen LogP contribution >= 0.6 is 0 Å². The summed E-state index contributed by atoms with van der Waals surface area (Å²) in [6.45, 7) is 1.01. The van der Waals surface area contributed by atoms with Crippen LogP contribution in [0.5, 0.6) is 0 Å². The smallest absolute Gasteiger partial charge is 0.274 e. The minimum atomic E-state index is -0.578. The molecule has 0 spiro atoms. The van der Waals surface area contributed by atoms with Gasteiger partial charge >= 0.3 is 0 Å². The van der Waals surface area contributed by atoms with Gasteiger partial charge in [0.2, 0.25) is 5.91 Å². The summed E-state index contributed by atoms with van der Waals surface area (Å²) in [7, 11) is 3.42. The van der Waals surface area contributed by atoms with E-state index in [1.54, 1.807) is 24.7 Å². The lowest BCUT2D eigenvalue weighted by molar-refractivity contribution is -0.135. The lowest BCUT2D eigenvalue weighted by atomic mass is 9.78. The van der Waals surface area contributed by atoms with E-state index in [0.29, 0.717) is 18.8 Å². The predicted molar refractivity (Wildman–Crippen MR) is 106 cm³/mol. The number of amides is 2. The van der Waals surface area contributed by atoms with E-state index in [-0.39, 0.29) is 29.2 Å². The SMILES string of the molecule is CN(C)C(=O)[C@H]1[C@H]2C[C@H](CN(C(=O)c3n[nH]c4c3CCC4)C2)c2cccc(=O)n21. The Morgan fingerprint density at radius 2 is 2.03 bits per heavy atom. The van der Waals surface area contributed by atoms with Crippen molar-refractivity contribution < 1.29 is 9.59 Å². The van der Waals surface area contributed by atoms with Crippen molar-refractivity contribution >= 4 is 11.8 Å². The van der Waals surface area contributed by atoms with Gasteiger partial charge in [0, 0.05) is 62.0 Å². The van der Waals surface area contributed by atoms with E-state index in [0.717, 1.165) is 42.6 Å². The number of aromatic amines is 1. The van der Waals surface area contributed by atoms with Crippen molar-refractivity contribution in [2.45, 2.75) is 37.6 Å². The zero-order chi connectivity index (χ0) is 20.3. The molecular weight excluding hydrogens is 370 g/mol. The quantitative estimate of drug-likeness (QED) is 0.820. The van der Waals surface area contributed by atoms with E-state index in [1.165, 1.54) is 11.0 Å². The number of nitrogens with one attached hydrogen (secondary N) is 1. The average Bonchev–Trinajstić information content (AvgIpc) is 3.31. The Morgan fingerprint density at radius 3 is 2.83 bits per heavy atom. The second-order valence-electron chi connectivity index (χ2n) is 8.62. The number of piperidine rings is 1. The van der Waals surface area contributed by atoms with E-state index in [9.17, 15) is 14.4 Å². The standard InChI is InChI=1S/C21H25N5O3/c1-24(2)21(29)19-13-9-12(16-7-4-8-17(27)26(16)19)10-25(11-13)20(28)18-14-5-3-6-15(14)22-23-18/h4,7-8,12-13,19H,3,5-6,9-11H2,1-2H3,(H,22,23)/t12-,13+,19-/m1/s1. The monoisotopic (exact) mass is 395 g/mol. The summed E-state index contributed by atoms with van der Waals surface area (Å²) < 4.78 is 1.66. The number of likely N-dealkylation sites (N-methyl/N-ethyl adjacent to an activating group) is 1. The highest BCUT2D eigenvalue weighted by atomic mass is 16.2. The minimum absolute atomic E-state index is 0.0461. The molecule has 2 bridgehead atoms. The van der Waals surface area contributed by atoms with Crippen molar-refractivity contribution in [3.8, 4) is 0 Å². The van der Waals surface area contributed by atoms with Crippen LogP contribution in [-0.2, 0) is 17.6 Å². The van der Waals surface area contributed by atoms with Gasteiger partial charge in [0.15, 0.2) is 5.69 Å². The molecule has 1 saturated heterocycles. The molecule has 3 atom stereocenters. The number of H-pyrrole nitrogens is 1. The first kappa shape index (κ1) is 18.1. The molecule has 2 aromatic heterocycles. The number of hydrogen-bond acceptors (Lipinski definition) is 4. The van der Waals surface area contributed by atoms with Crippen molar-refractivity contribution in [2.24, 2.45) is 5.92 Å². The summed E-state index contributed by atoms with van der Waals surface area (Å²) in [5.41, 5.74) is 3.34. The Balaban J connectivity index is 1.53. The van der Waals surface area contributed by atoms with Crippen molar-refractivity contribution in [3.63, 3.8) is 0 Å². The number of pyridine rings is 1. The maximum Gasteiger partial charge on any atom is 0.274 e. The van der Waals surface area contributed by atoms with Crippen LogP contribution < -0.4 is 5.56 Å². The number of fused-ring (bicyclic) bond motifs is 5. The molecule has 0 unspecified atom stereocenters. The molecule has 3 aliphatic rings. The summed E-state index contributed by atoms with van der Waals surface area (Å²) in [4.78, 5) is 42.4. The number of carbonyl (C=O) groups excluding carboxylic acids is 2. The number of likely N-dealkylation sites (tertiary alicyclic amines) is 1. The van der Waals surface area contributed by atoms with Crippen molar-refractivity contribution in [1.29, 1.82) is 0 Å². The number of aromatic nitrogens is 3. The van der Waals surface area contributed by atoms with Gasteiger partial charge in [0.25, 0.3) is 11.5 Å². The molecule has 152 valence electrons. The highest BCUT2D eigenvalue weighted by Crippen LogP contribution is 2.42. The van der Waals surface area contributed by atoms with Gasteiger partial charge in [-0.25, -0.2) is 0 Å². The van der Waals surface area contributed by atoms with Gasteiger partial charge in [-0.15, -0.1) is 0 Å². The normalized spacial score (nSPS) is 24.8. The molecule has 0 radical (unpaired) electrons. The first-order valence-corrected chi connectivity index (χ1v) is 10.2. The summed E-state index contributed by atoms with van der Waals surface area (Å²) in [5.74, 6) is -0.211. The van der Waals surface area contributed by atoms with Crippen LogP contribution in [0.2, 0.25) is 0 Å². The molecule has 1 fully saturated rings. The first-order valence-electron chi connectivity index (χ1n) is 10.2. The molecule has 2 aromatic rings. The van der Waals surface area contributed by atoms with Gasteiger partial charge in [0.1, 0.15) is 6.04 Å². The summed E-state index contributed by atoms with van der Waals surface area (Å²) >= 11 is 0. The Morgan fingerprint density at radius 1 is 1.21 bits per heavy atom. The second kappa shape index (κ2) is 6.57. The molecule has 8 nitrogen and oxygen atoms in total. The number of rotatable bonds is 2. The Kier molecular flexibility index (Phi) is 4.11. The molecule has 4 heterocycles. The van der Waals surface area contributed by atoms with Crippen molar-refractivity contribution in [2.75, 3.05) is 27.2 Å². The van der Waals surface area contributed by atoms with Gasteiger partial charge in [-0.3, -0.25) is 24.0 Å². The second-order valence-corrected chi connectivity index (χ2v) is 8.62. The number of aryl methyl sites for hydroxylation is 1. The Hall–Kier alpha value is -2.90. The van der Waals surface area contributed by atoms with Crippen LogP contribution in [0, 0.1) is 5.92 Å². The Bertz CT molecular complexity index is 1050. The van der Waals surface area contributed by atoms with Gasteiger partial charge in [0.05, 0.1) is 0 Å². The summed E-state index contributed by atoms with van der Waals surface area (Å²) in [6.07, 6.45) is 3.67. The molecule has 1 N–H and O–H groups in total. The van der Waals surface area contributed by atoms with Gasteiger partial charge in [-0.1, -0.05) is 6.07 Å². The highest BCUT2D eigenvalue weighted by molar-refractivity contribution is 5.94. The largest absolute Gasteiger partial charge is 0.347 e. The maximum atomic E-state index is 13.3. The van der Waals surface area contributed by atoms with Crippen LogP contribution in [0.1, 0.15) is 52.2 Å². The third-order valence-electron chi connectivity index (χ3n) is 6.64. The molecule has 29 heavy (non-hydrogen) atoms. The van der Waals surface area contributed by atoms with Gasteiger partial charge in [-0.05, 0) is 31.7 Å². The fourth-order valence-corrected chi connectivity index (χ4v) is 5.33. The van der Waals surface area contributed by atoms with Crippen LogP contribution in [-0.4, -0.2) is 63.6 Å². The Labute approximate surface area is 168 Å². The molecule has 2 aliphatic heterocycles. The number of carbonyl (C=O) groups is 2. The van der Waals surface area contributed by atoms with E-state index in [1.807, 2.05) is 11.0 Å². The fourth-order valence-electron chi connectivity index (χ4n) is 5.33.